The Labute approximate surface area is 661 Å². The molecule has 0 amide bonds. The zero-order valence-electron chi connectivity index (χ0n) is 67.9. The van der Waals surface area contributed by atoms with E-state index in [9.17, 15) is 0 Å². The molecule has 0 aliphatic rings. The lowest BCUT2D eigenvalue weighted by atomic mass is 9.88. The van der Waals surface area contributed by atoms with E-state index in [-0.39, 0.29) is 5.41 Å². The van der Waals surface area contributed by atoms with Crippen LogP contribution in [0.3, 0.4) is 0 Å². The second kappa shape index (κ2) is 29.3. The molecule has 0 aliphatic carbocycles. The third-order valence-corrected chi connectivity index (χ3v) is 23.1. The minimum absolute atomic E-state index is 0.261. The Morgan fingerprint density at radius 1 is 0.292 bits per heavy atom. The standard InChI is InChI=1S/C28H28NO.C27H26NO.C26H24NO.C24H20NO/c1-18-22(25-14-19(12-13-29(25)5)17-28(2,3)4)10-11-23-24-15-20-8-6-7-9-21(20)16-26(24)30-27(18)23;1-17(2)13-19-11-12-28(4)25(14-19)22-9-10-23-24-15-20-7-5-6-8-21(20)16-26(24)29-27(23)18(22)3;1-16(2)18-11-12-27(4)24(14-18)21-9-10-22-23-13-19-7-5-6-8-20(19)15-25(23)28-26(22)17(21)3;1-15-10-11-25(3)22(12-15)19-8-9-20-21-13-17-6-4-5-7-18(17)14-23(21)26-24(20)16(19)2/h6-16H,17H2,1-5H3;5-12,14-17H,13H2,1-4H3;5-16H,1-4H3;4-14H,1-3H3/q4*+1. The fourth-order valence-corrected chi connectivity index (χ4v) is 17.0. The normalized spacial score (nSPS) is 11.9. The SMILES string of the molecule is Cc1c(-c2cc(C(C)C)cc[n+]2C)ccc2c1oc1cc3ccccc3cc12.Cc1c(-c2cc(CC(C)(C)C)cc[n+]2C)ccc2c1oc1cc3ccccc3cc12.Cc1c(-c2cc(CC(C)C)cc[n+]2C)ccc2c1oc1cc3ccccc3cc12.Cc1cc[n+](C)c(-c2ccc3c(oc4cc5ccccc5cc43)c2C)c1. The predicted octanol–water partition coefficient (Wildman–Crippen LogP) is 26.4. The van der Waals surface area contributed by atoms with Gasteiger partial charge in [-0.15, -0.1) is 0 Å². The highest BCUT2D eigenvalue weighted by Gasteiger charge is 2.26. The Balaban J connectivity index is 0.000000109. The molecular formula is C105H98N4O4+4. The van der Waals surface area contributed by atoms with Crippen LogP contribution in [0.1, 0.15) is 98.9 Å². The minimum atomic E-state index is 0.261. The van der Waals surface area contributed by atoms with E-state index in [0.717, 1.165) is 57.5 Å². The number of furan rings is 4. The topological polar surface area (TPSA) is 68.1 Å². The molecule has 0 fully saturated rings. The molecule has 558 valence electrons. The first-order chi connectivity index (χ1) is 54.4. The highest BCUT2D eigenvalue weighted by atomic mass is 16.3. The molecule has 8 heterocycles. The average molecular weight is 1480 g/mol. The van der Waals surface area contributed by atoms with Gasteiger partial charge in [-0.3, -0.25) is 0 Å². The molecule has 0 radical (unpaired) electrons. The summed E-state index contributed by atoms with van der Waals surface area (Å²) in [7, 11) is 8.42. The molecule has 113 heavy (non-hydrogen) atoms. The van der Waals surface area contributed by atoms with Gasteiger partial charge >= 0.3 is 0 Å². The summed E-state index contributed by atoms with van der Waals surface area (Å²) in [6, 6.07) is 87.2. The van der Waals surface area contributed by atoms with Gasteiger partial charge in [0.05, 0.1) is 22.3 Å². The molecule has 8 aromatic heterocycles. The number of benzene rings is 12. The molecule has 0 unspecified atom stereocenters. The Morgan fingerprint density at radius 2 is 0.575 bits per heavy atom. The maximum absolute atomic E-state index is 6.39. The number of hydrogen-bond donors (Lipinski definition) is 0. The van der Waals surface area contributed by atoms with E-state index in [0.29, 0.717) is 11.8 Å². The van der Waals surface area contributed by atoms with Crippen LogP contribution in [0.5, 0.6) is 0 Å². The number of rotatable bonds is 8. The van der Waals surface area contributed by atoms with Gasteiger partial charge in [0.15, 0.2) is 24.8 Å². The second-order valence-corrected chi connectivity index (χ2v) is 33.4. The quantitative estimate of drug-likeness (QED) is 0.142. The molecule has 0 saturated carbocycles. The fourth-order valence-electron chi connectivity index (χ4n) is 17.0. The predicted molar refractivity (Wildman–Crippen MR) is 471 cm³/mol. The summed E-state index contributed by atoms with van der Waals surface area (Å²) in [5.41, 5.74) is 27.9. The molecule has 0 aliphatic heterocycles. The van der Waals surface area contributed by atoms with Crippen LogP contribution in [0, 0.1) is 46.0 Å². The molecule has 20 aromatic rings. The average Bonchev–Trinajstić information content (AvgIpc) is 1.61. The van der Waals surface area contributed by atoms with Crippen molar-refractivity contribution in [2.45, 2.75) is 102 Å². The molecular weight excluding hydrogens is 1380 g/mol. The van der Waals surface area contributed by atoms with Crippen LogP contribution >= 0.6 is 0 Å². The third kappa shape index (κ3) is 13.9. The van der Waals surface area contributed by atoms with Crippen LogP contribution in [0.2, 0.25) is 0 Å². The van der Waals surface area contributed by atoms with Crippen LogP contribution < -0.4 is 18.3 Å². The minimum Gasteiger partial charge on any atom is -0.456 e. The first kappa shape index (κ1) is 73.3. The fraction of sp³-hybridized carbons (Fsp3) is 0.200. The van der Waals surface area contributed by atoms with E-state index >= 15 is 0 Å². The highest BCUT2D eigenvalue weighted by molar-refractivity contribution is 6.15. The number of hydrogen-bond acceptors (Lipinski definition) is 4. The summed E-state index contributed by atoms with van der Waals surface area (Å²) in [4.78, 5) is 0. The summed E-state index contributed by atoms with van der Waals surface area (Å²) >= 11 is 0. The number of nitrogens with zero attached hydrogens (tertiary/aromatic N) is 4. The Kier molecular flexibility index (Phi) is 19.0. The van der Waals surface area contributed by atoms with E-state index in [1.54, 1.807) is 0 Å². The summed E-state index contributed by atoms with van der Waals surface area (Å²) in [6.07, 6.45) is 10.7. The van der Waals surface area contributed by atoms with Gasteiger partial charge in [-0.2, -0.15) is 0 Å². The van der Waals surface area contributed by atoms with Crippen molar-refractivity contribution in [3.63, 3.8) is 0 Å². The van der Waals surface area contributed by atoms with Crippen molar-refractivity contribution >= 4 is 131 Å². The largest absolute Gasteiger partial charge is 0.456 e. The highest BCUT2D eigenvalue weighted by Crippen LogP contribution is 2.43. The molecule has 8 heteroatoms. The Morgan fingerprint density at radius 3 is 0.894 bits per heavy atom. The van der Waals surface area contributed by atoms with E-state index in [4.69, 9.17) is 17.7 Å². The van der Waals surface area contributed by atoms with Crippen molar-refractivity contribution in [1.82, 2.24) is 0 Å². The van der Waals surface area contributed by atoms with Gasteiger partial charge < -0.3 is 17.7 Å². The second-order valence-electron chi connectivity index (χ2n) is 33.4. The first-order valence-corrected chi connectivity index (χ1v) is 39.8. The molecule has 0 atom stereocenters. The van der Waals surface area contributed by atoms with Crippen molar-refractivity contribution in [2.75, 3.05) is 0 Å². The third-order valence-electron chi connectivity index (χ3n) is 23.1. The zero-order valence-corrected chi connectivity index (χ0v) is 67.9. The lowest BCUT2D eigenvalue weighted by molar-refractivity contribution is -0.660. The maximum atomic E-state index is 6.39. The number of aryl methyl sites for hydroxylation is 9. The van der Waals surface area contributed by atoms with E-state index in [1.165, 1.54) is 176 Å². The van der Waals surface area contributed by atoms with Crippen molar-refractivity contribution in [2.24, 2.45) is 39.5 Å². The monoisotopic (exact) mass is 1480 g/mol. The lowest BCUT2D eigenvalue weighted by Gasteiger charge is -2.18. The van der Waals surface area contributed by atoms with Gasteiger partial charge in [-0.1, -0.05) is 146 Å². The molecule has 0 spiro atoms. The lowest BCUT2D eigenvalue weighted by Crippen LogP contribution is -2.31. The van der Waals surface area contributed by atoms with Crippen LogP contribution in [-0.2, 0) is 41.0 Å². The summed E-state index contributed by atoms with van der Waals surface area (Å²) in [5, 5.41) is 19.3. The van der Waals surface area contributed by atoms with E-state index < -0.39 is 0 Å². The summed E-state index contributed by atoms with van der Waals surface area (Å²) in [5.74, 6) is 1.14. The number of fused-ring (bicyclic) bond motifs is 16. The maximum Gasteiger partial charge on any atom is 0.212 e. The van der Waals surface area contributed by atoms with E-state index in [1.807, 2.05) is 0 Å². The zero-order chi connectivity index (χ0) is 78.4. The molecule has 8 nitrogen and oxygen atoms in total. The molecule has 0 bridgehead atoms. The van der Waals surface area contributed by atoms with Gasteiger partial charge in [-0.05, 0) is 227 Å². The molecule has 12 aromatic carbocycles. The Bertz CT molecular complexity index is 7170. The van der Waals surface area contributed by atoms with Crippen molar-refractivity contribution in [1.29, 1.82) is 0 Å². The van der Waals surface area contributed by atoms with Gasteiger partial charge in [0.2, 0.25) is 22.8 Å². The molecule has 20 rings (SSSR count). The smallest absolute Gasteiger partial charge is 0.212 e. The molecule has 0 saturated heterocycles. The molecule has 0 N–H and O–H groups in total. The van der Waals surface area contributed by atoms with E-state index in [2.05, 4.69) is 397 Å². The van der Waals surface area contributed by atoms with Crippen molar-refractivity contribution < 1.29 is 35.9 Å². The van der Waals surface area contributed by atoms with Gasteiger partial charge in [-0.25, -0.2) is 18.3 Å². The first-order valence-electron chi connectivity index (χ1n) is 39.8. The van der Waals surface area contributed by atoms with Gasteiger partial charge in [0.1, 0.15) is 72.9 Å². The van der Waals surface area contributed by atoms with Crippen molar-refractivity contribution in [3.8, 4) is 45.0 Å². The summed E-state index contributed by atoms with van der Waals surface area (Å²) < 4.78 is 34.2. The van der Waals surface area contributed by atoms with Crippen LogP contribution in [-0.4, -0.2) is 0 Å². The van der Waals surface area contributed by atoms with Crippen molar-refractivity contribution in [3.05, 3.63) is 312 Å². The van der Waals surface area contributed by atoms with Crippen LogP contribution in [0.25, 0.3) is 176 Å². The number of pyridine rings is 4. The van der Waals surface area contributed by atoms with Crippen LogP contribution in [0.4, 0.5) is 0 Å². The summed E-state index contributed by atoms with van der Waals surface area (Å²) in [6.45, 7) is 26.7. The van der Waals surface area contributed by atoms with Gasteiger partial charge in [0, 0.05) is 114 Å². The number of aromatic nitrogens is 4. The Hall–Kier alpha value is -12.5. The van der Waals surface area contributed by atoms with Crippen LogP contribution in [0.15, 0.2) is 285 Å². The van der Waals surface area contributed by atoms with Gasteiger partial charge in [0.25, 0.3) is 0 Å².